The van der Waals surface area contributed by atoms with Gasteiger partial charge in [-0.1, -0.05) is 38.4 Å². The van der Waals surface area contributed by atoms with E-state index in [0.717, 1.165) is 6.42 Å². The van der Waals surface area contributed by atoms with E-state index in [4.69, 9.17) is 30.2 Å². The van der Waals surface area contributed by atoms with E-state index in [-0.39, 0.29) is 41.3 Å². The third-order valence-corrected chi connectivity index (χ3v) is 7.62. The van der Waals surface area contributed by atoms with E-state index in [2.05, 4.69) is 15.9 Å². The van der Waals surface area contributed by atoms with Gasteiger partial charge in [-0.05, 0) is 58.5 Å². The Labute approximate surface area is 222 Å². The lowest BCUT2D eigenvalue weighted by Crippen LogP contribution is -2.60. The van der Waals surface area contributed by atoms with Crippen molar-refractivity contribution in [3.63, 3.8) is 0 Å². The van der Waals surface area contributed by atoms with Crippen LogP contribution >= 0.6 is 27.5 Å². The van der Waals surface area contributed by atoms with E-state index in [1.165, 1.54) is 13.2 Å². The zero-order chi connectivity index (χ0) is 26.3. The van der Waals surface area contributed by atoms with Crippen LogP contribution < -0.4 is 14.9 Å². The van der Waals surface area contributed by atoms with E-state index in [9.17, 15) is 14.7 Å². The molecule has 0 amide bonds. The van der Waals surface area contributed by atoms with Crippen molar-refractivity contribution in [1.29, 1.82) is 0 Å². The lowest BCUT2D eigenvalue weighted by Gasteiger charge is -2.51. The molecule has 4 rings (SSSR count). The Bertz CT molecular complexity index is 1360. The first-order valence-corrected chi connectivity index (χ1v) is 12.8. The molecule has 0 saturated heterocycles. The molecule has 1 saturated carbocycles. The van der Waals surface area contributed by atoms with E-state index in [1.807, 2.05) is 20.8 Å². The Hall–Kier alpha value is -2.55. The van der Waals surface area contributed by atoms with Crippen molar-refractivity contribution >= 4 is 44.5 Å². The molecule has 1 aliphatic rings. The van der Waals surface area contributed by atoms with Gasteiger partial charge in [0.05, 0.1) is 34.2 Å². The lowest BCUT2D eigenvalue weighted by molar-refractivity contribution is -0.209. The molecule has 0 bridgehead atoms. The quantitative estimate of drug-likeness (QED) is 0.302. The highest BCUT2D eigenvalue weighted by Crippen LogP contribution is 2.51. The van der Waals surface area contributed by atoms with Gasteiger partial charge in [0.15, 0.2) is 16.6 Å². The van der Waals surface area contributed by atoms with Crippen molar-refractivity contribution in [2.24, 2.45) is 11.3 Å². The standard InChI is InChI=1S/C27H28BrClO7/c1-26(2,3)23-8-9-27(23,25(31)32)35-11-10-34-22-12-16(20(33-4)13-17(22)28)21-14-19(30)15-6-5-7-18(29)24(15)36-21/h5-7,12-14,23H,8-11H2,1-4H3,(H,31,32). The van der Waals surface area contributed by atoms with Gasteiger partial charge >= 0.3 is 5.97 Å². The second-order valence-electron chi connectivity index (χ2n) is 9.92. The van der Waals surface area contributed by atoms with Gasteiger partial charge in [0.2, 0.25) is 0 Å². The van der Waals surface area contributed by atoms with Crippen molar-refractivity contribution in [3.8, 4) is 22.8 Å². The predicted octanol–water partition coefficient (Wildman–Crippen LogP) is 6.56. The molecular formula is C27H28BrClO7. The number of carbonyl (C=O) groups is 1. The summed E-state index contributed by atoms with van der Waals surface area (Å²) >= 11 is 9.75. The Morgan fingerprint density at radius 2 is 1.97 bits per heavy atom. The maximum absolute atomic E-state index is 12.7. The molecule has 9 heteroatoms. The number of para-hydroxylation sites is 1. The summed E-state index contributed by atoms with van der Waals surface area (Å²) in [7, 11) is 1.52. The van der Waals surface area contributed by atoms with Crippen LogP contribution in [0.15, 0.2) is 50.1 Å². The molecule has 0 spiro atoms. The van der Waals surface area contributed by atoms with E-state index in [0.29, 0.717) is 38.4 Å². The number of carboxylic acid groups (broad SMARTS) is 1. The van der Waals surface area contributed by atoms with Gasteiger partial charge in [-0.3, -0.25) is 4.79 Å². The number of rotatable bonds is 8. The molecule has 2 atom stereocenters. The second-order valence-corrected chi connectivity index (χ2v) is 11.2. The third kappa shape index (κ3) is 4.86. The minimum Gasteiger partial charge on any atom is -0.496 e. The van der Waals surface area contributed by atoms with Crippen LogP contribution in [0.2, 0.25) is 5.02 Å². The molecule has 192 valence electrons. The van der Waals surface area contributed by atoms with Crippen LogP contribution in [0.25, 0.3) is 22.3 Å². The summed E-state index contributed by atoms with van der Waals surface area (Å²) < 4.78 is 24.0. The number of aliphatic carboxylic acids is 1. The van der Waals surface area contributed by atoms with Crippen LogP contribution in [0.1, 0.15) is 33.6 Å². The maximum atomic E-state index is 12.7. The molecule has 0 aliphatic heterocycles. The summed E-state index contributed by atoms with van der Waals surface area (Å²) in [5.74, 6) is 0.184. The number of ether oxygens (including phenoxy) is 3. The molecule has 0 radical (unpaired) electrons. The smallest absolute Gasteiger partial charge is 0.336 e. The van der Waals surface area contributed by atoms with Crippen LogP contribution in [0.5, 0.6) is 11.5 Å². The van der Waals surface area contributed by atoms with E-state index < -0.39 is 11.6 Å². The highest BCUT2D eigenvalue weighted by atomic mass is 79.9. The summed E-state index contributed by atoms with van der Waals surface area (Å²) in [6.07, 6.45) is 1.29. The fourth-order valence-electron chi connectivity index (χ4n) is 4.83. The Balaban J connectivity index is 1.57. The normalized spacial score (nSPS) is 19.7. The van der Waals surface area contributed by atoms with Crippen molar-refractivity contribution in [2.45, 2.75) is 39.2 Å². The van der Waals surface area contributed by atoms with E-state index >= 15 is 0 Å². The Kier molecular flexibility index (Phi) is 7.42. The van der Waals surface area contributed by atoms with E-state index in [1.54, 1.807) is 30.3 Å². The molecular weight excluding hydrogens is 552 g/mol. The number of fused-ring (bicyclic) bond motifs is 1. The fraction of sp³-hybridized carbons (Fsp3) is 0.407. The summed E-state index contributed by atoms with van der Waals surface area (Å²) in [4.78, 5) is 24.8. The van der Waals surface area contributed by atoms with Crippen LogP contribution in [-0.4, -0.2) is 37.0 Å². The zero-order valence-electron chi connectivity index (χ0n) is 20.5. The molecule has 3 aromatic rings. The first-order chi connectivity index (χ1) is 17.0. The largest absolute Gasteiger partial charge is 0.496 e. The molecule has 2 aromatic carbocycles. The van der Waals surface area contributed by atoms with Gasteiger partial charge in [0, 0.05) is 12.0 Å². The van der Waals surface area contributed by atoms with Crippen molar-refractivity contribution < 1.29 is 28.5 Å². The SMILES string of the molecule is COc1cc(Br)c(OCCOC2(C(=O)O)CCC2C(C)(C)C)cc1-c1cc(=O)c2cccc(Cl)c2o1. The molecule has 1 fully saturated rings. The average molecular weight is 580 g/mol. The number of hydrogen-bond acceptors (Lipinski definition) is 6. The maximum Gasteiger partial charge on any atom is 0.336 e. The molecule has 7 nitrogen and oxygen atoms in total. The van der Waals surface area contributed by atoms with Crippen LogP contribution in [0.4, 0.5) is 0 Å². The van der Waals surface area contributed by atoms with Gasteiger partial charge in [0.25, 0.3) is 0 Å². The summed E-state index contributed by atoms with van der Waals surface area (Å²) in [6.45, 7) is 6.32. The molecule has 1 aromatic heterocycles. The number of halogens is 2. The number of benzene rings is 2. The molecule has 2 unspecified atom stereocenters. The summed E-state index contributed by atoms with van der Waals surface area (Å²) in [5.41, 5.74) is -0.822. The second kappa shape index (κ2) is 10.1. The molecule has 1 heterocycles. The first kappa shape index (κ1) is 26.5. The highest BCUT2D eigenvalue weighted by molar-refractivity contribution is 9.10. The lowest BCUT2D eigenvalue weighted by atomic mass is 9.58. The van der Waals surface area contributed by atoms with Crippen molar-refractivity contribution in [2.75, 3.05) is 20.3 Å². The van der Waals surface area contributed by atoms with Gasteiger partial charge in [0.1, 0.15) is 23.9 Å². The number of methoxy groups -OCH3 is 1. The third-order valence-electron chi connectivity index (χ3n) is 6.70. The number of hydrogen-bond donors (Lipinski definition) is 1. The Morgan fingerprint density at radius 1 is 1.22 bits per heavy atom. The van der Waals surface area contributed by atoms with Gasteiger partial charge < -0.3 is 23.7 Å². The fourth-order valence-corrected chi connectivity index (χ4v) is 5.48. The topological polar surface area (TPSA) is 95.2 Å². The van der Waals surface area contributed by atoms with Gasteiger partial charge in [-0.2, -0.15) is 0 Å². The minimum absolute atomic E-state index is 0.0792. The summed E-state index contributed by atoms with van der Waals surface area (Å²) in [5, 5.41) is 10.6. The van der Waals surface area contributed by atoms with Gasteiger partial charge in [-0.25, -0.2) is 4.79 Å². The number of carboxylic acids is 1. The van der Waals surface area contributed by atoms with Crippen LogP contribution in [0.3, 0.4) is 0 Å². The Morgan fingerprint density at radius 3 is 2.58 bits per heavy atom. The monoisotopic (exact) mass is 578 g/mol. The summed E-state index contributed by atoms with van der Waals surface area (Å²) in [6, 6.07) is 9.79. The average Bonchev–Trinajstić information content (AvgIpc) is 2.78. The van der Waals surface area contributed by atoms with Crippen molar-refractivity contribution in [1.82, 2.24) is 0 Å². The zero-order valence-corrected chi connectivity index (χ0v) is 22.9. The van der Waals surface area contributed by atoms with Gasteiger partial charge in [-0.15, -0.1) is 0 Å². The highest BCUT2D eigenvalue weighted by Gasteiger charge is 2.58. The predicted molar refractivity (Wildman–Crippen MR) is 141 cm³/mol. The molecule has 1 N–H and O–H groups in total. The molecule has 1 aliphatic carbocycles. The first-order valence-electron chi connectivity index (χ1n) is 11.6. The molecule has 36 heavy (non-hydrogen) atoms. The van der Waals surface area contributed by atoms with Crippen LogP contribution in [0, 0.1) is 11.3 Å². The minimum atomic E-state index is -1.20. The van der Waals surface area contributed by atoms with Crippen molar-refractivity contribution in [3.05, 3.63) is 56.1 Å². The van der Waals surface area contributed by atoms with Crippen LogP contribution in [-0.2, 0) is 9.53 Å².